The van der Waals surface area contributed by atoms with Gasteiger partial charge in [-0.1, -0.05) is 67.9 Å². The molecule has 0 spiro atoms. The molecular weight excluding hydrogens is 586 g/mol. The minimum absolute atomic E-state index is 0.198. The molecule has 0 N–H and O–H groups in total. The maximum atomic E-state index is 13.5. The van der Waals surface area contributed by atoms with Crippen molar-refractivity contribution in [1.29, 1.82) is 0 Å². The van der Waals surface area contributed by atoms with Gasteiger partial charge in [0.25, 0.3) is 11.1 Å². The Labute approximate surface area is 264 Å². The number of unbranched alkanes of at least 4 members (excludes halogenated alkanes) is 3. The van der Waals surface area contributed by atoms with Gasteiger partial charge in [0, 0.05) is 23.7 Å². The van der Waals surface area contributed by atoms with Gasteiger partial charge in [0.1, 0.15) is 22.9 Å². The molecule has 3 aromatic carbocycles. The number of ether oxygens (including phenoxy) is 2. The Morgan fingerprint density at radius 1 is 0.867 bits per heavy atom. The highest BCUT2D eigenvalue weighted by atomic mass is 32.1. The summed E-state index contributed by atoms with van der Waals surface area (Å²) in [4.78, 5) is 30.8. The van der Waals surface area contributed by atoms with Crippen molar-refractivity contribution in [2.24, 2.45) is 0 Å². The quantitative estimate of drug-likeness (QED) is 0.168. The van der Waals surface area contributed by atoms with Gasteiger partial charge in [-0.2, -0.15) is 19.7 Å². The van der Waals surface area contributed by atoms with E-state index in [0.717, 1.165) is 52.3 Å². The first-order valence-electron chi connectivity index (χ1n) is 15.0. The average molecular weight is 620 g/mol. The largest absolute Gasteiger partial charge is 0.497 e. The van der Waals surface area contributed by atoms with Crippen LogP contribution in [0.2, 0.25) is 0 Å². The van der Waals surface area contributed by atoms with E-state index in [-0.39, 0.29) is 22.6 Å². The van der Waals surface area contributed by atoms with Gasteiger partial charge in [-0.3, -0.25) is 9.59 Å². The fraction of sp³-hybridized carbons (Fsp3) is 0.229. The Hall–Kier alpha value is -5.09. The predicted molar refractivity (Wildman–Crippen MR) is 177 cm³/mol. The highest BCUT2D eigenvalue weighted by molar-refractivity contribution is 7.15. The third kappa shape index (κ3) is 6.86. The second-order valence-corrected chi connectivity index (χ2v) is 11.7. The lowest BCUT2D eigenvalue weighted by atomic mass is 10.1. The third-order valence-electron chi connectivity index (χ3n) is 7.43. The fourth-order valence-electron chi connectivity index (χ4n) is 4.99. The lowest BCUT2D eigenvalue weighted by molar-refractivity contribution is 0.305. The highest BCUT2D eigenvalue weighted by Crippen LogP contribution is 2.27. The Bertz CT molecular complexity index is 2070. The van der Waals surface area contributed by atoms with E-state index in [1.807, 2.05) is 85.1 Å². The minimum Gasteiger partial charge on any atom is -0.497 e. The summed E-state index contributed by atoms with van der Waals surface area (Å²) in [6.07, 6.45) is 8.53. The smallest absolute Gasteiger partial charge is 0.296 e. The summed E-state index contributed by atoms with van der Waals surface area (Å²) in [6, 6.07) is 25.0. The second kappa shape index (κ2) is 13.7. The highest BCUT2D eigenvalue weighted by Gasteiger charge is 2.15. The lowest BCUT2D eigenvalue weighted by Gasteiger charge is -2.07. The lowest BCUT2D eigenvalue weighted by Crippen LogP contribution is -2.28. The summed E-state index contributed by atoms with van der Waals surface area (Å²) >= 11 is 1.13. The molecule has 0 fully saturated rings. The maximum absolute atomic E-state index is 13.5. The summed E-state index contributed by atoms with van der Waals surface area (Å²) in [5.41, 5.74) is 3.49. The van der Waals surface area contributed by atoms with Crippen LogP contribution in [0.5, 0.6) is 11.5 Å². The summed E-state index contributed by atoms with van der Waals surface area (Å²) in [7, 11) is 1.60. The van der Waals surface area contributed by atoms with Crippen molar-refractivity contribution < 1.29 is 9.47 Å². The number of hydrogen-bond donors (Lipinski definition) is 0. The summed E-state index contributed by atoms with van der Waals surface area (Å²) in [5, 5.41) is 9.31. The van der Waals surface area contributed by atoms with Crippen molar-refractivity contribution in [1.82, 2.24) is 24.4 Å². The van der Waals surface area contributed by atoms with Crippen molar-refractivity contribution >= 4 is 22.4 Å². The molecule has 0 unspecified atom stereocenters. The molecule has 0 saturated heterocycles. The predicted octanol–water partition coefficient (Wildman–Crippen LogP) is 5.47. The maximum Gasteiger partial charge on any atom is 0.296 e. The molecular formula is C35H33N5O4S. The molecule has 0 radical (unpaired) electrons. The standard InChI is InChI=1S/C35H33N5O4S/c1-3-4-5-9-20-44-29-18-14-25(15-19-29)32-26(23-39(38-32)27-10-7-6-8-11-27)22-31-34(42)40-35(45-31)36-33(41)30(37-40)21-24-12-16-28(43-2)17-13-24/h6-8,10-19,22-23H,3-5,9,20-21H2,1-2H3/b31-22-. The molecule has 0 amide bonds. The van der Waals surface area contributed by atoms with E-state index in [1.165, 1.54) is 17.4 Å². The average Bonchev–Trinajstić information content (AvgIpc) is 3.62. The van der Waals surface area contributed by atoms with Gasteiger partial charge in [-0.25, -0.2) is 4.68 Å². The number of fused-ring (bicyclic) bond motifs is 1. The van der Waals surface area contributed by atoms with E-state index in [9.17, 15) is 9.59 Å². The van der Waals surface area contributed by atoms with E-state index < -0.39 is 5.56 Å². The number of para-hydroxylation sites is 1. The number of benzene rings is 3. The monoisotopic (exact) mass is 619 g/mol. The third-order valence-corrected chi connectivity index (χ3v) is 8.38. The fourth-order valence-corrected chi connectivity index (χ4v) is 5.88. The van der Waals surface area contributed by atoms with Crippen LogP contribution in [0.3, 0.4) is 0 Å². The minimum atomic E-state index is -0.455. The first-order valence-corrected chi connectivity index (χ1v) is 15.8. The van der Waals surface area contributed by atoms with Gasteiger partial charge < -0.3 is 9.47 Å². The number of nitrogens with zero attached hydrogens (tertiary/aromatic N) is 5. The van der Waals surface area contributed by atoms with Gasteiger partial charge in [-0.15, -0.1) is 0 Å². The molecule has 0 atom stereocenters. The molecule has 45 heavy (non-hydrogen) atoms. The molecule has 3 aromatic heterocycles. The molecule has 6 rings (SSSR count). The van der Waals surface area contributed by atoms with Crippen LogP contribution in [0.4, 0.5) is 0 Å². The number of rotatable bonds is 12. The molecule has 0 bridgehead atoms. The Balaban J connectivity index is 1.35. The Kier molecular flexibility index (Phi) is 9.11. The molecule has 3 heterocycles. The zero-order chi connectivity index (χ0) is 31.2. The zero-order valence-corrected chi connectivity index (χ0v) is 26.0. The first kappa shape index (κ1) is 30.0. The Morgan fingerprint density at radius 2 is 1.62 bits per heavy atom. The molecule has 228 valence electrons. The van der Waals surface area contributed by atoms with Crippen molar-refractivity contribution in [3.8, 4) is 28.4 Å². The first-order chi connectivity index (χ1) is 22.0. The molecule has 0 saturated carbocycles. The van der Waals surface area contributed by atoms with E-state index >= 15 is 0 Å². The van der Waals surface area contributed by atoms with Crippen LogP contribution < -0.4 is 25.1 Å². The molecule has 10 heteroatoms. The van der Waals surface area contributed by atoms with Gasteiger partial charge >= 0.3 is 0 Å². The summed E-state index contributed by atoms with van der Waals surface area (Å²) in [5.74, 6) is 1.52. The number of aromatic nitrogens is 5. The van der Waals surface area contributed by atoms with Crippen LogP contribution in [0.1, 0.15) is 49.4 Å². The number of methoxy groups -OCH3 is 1. The van der Waals surface area contributed by atoms with Crippen molar-refractivity contribution in [2.45, 2.75) is 39.0 Å². The SMILES string of the molecule is CCCCCCOc1ccc(-c2nn(-c3ccccc3)cc2/C=c2\sc3nc(=O)c(Cc4ccc(OC)cc4)nn3c2=O)cc1. The van der Waals surface area contributed by atoms with Gasteiger partial charge in [0.05, 0.1) is 23.9 Å². The van der Waals surface area contributed by atoms with E-state index in [0.29, 0.717) is 22.6 Å². The topological polar surface area (TPSA) is 101 Å². The van der Waals surface area contributed by atoms with E-state index in [4.69, 9.17) is 14.6 Å². The number of thiazole rings is 1. The van der Waals surface area contributed by atoms with Crippen molar-refractivity contribution in [3.63, 3.8) is 0 Å². The van der Waals surface area contributed by atoms with E-state index in [2.05, 4.69) is 17.0 Å². The van der Waals surface area contributed by atoms with Crippen molar-refractivity contribution in [3.05, 3.63) is 127 Å². The van der Waals surface area contributed by atoms with Gasteiger partial charge in [-0.05, 0) is 66.6 Å². The van der Waals surface area contributed by atoms with Gasteiger partial charge in [0.2, 0.25) is 4.96 Å². The van der Waals surface area contributed by atoms with Crippen LogP contribution in [0, 0.1) is 0 Å². The Morgan fingerprint density at radius 3 is 2.36 bits per heavy atom. The normalized spacial score (nSPS) is 11.7. The van der Waals surface area contributed by atoms with Crippen LogP contribution in [-0.2, 0) is 6.42 Å². The molecule has 0 aliphatic rings. The molecule has 0 aliphatic carbocycles. The summed E-state index contributed by atoms with van der Waals surface area (Å²) in [6.45, 7) is 2.88. The van der Waals surface area contributed by atoms with Gasteiger partial charge in [0.15, 0.2) is 0 Å². The van der Waals surface area contributed by atoms with E-state index in [1.54, 1.807) is 17.9 Å². The zero-order valence-electron chi connectivity index (χ0n) is 25.2. The number of hydrogen-bond acceptors (Lipinski definition) is 8. The molecule has 0 aliphatic heterocycles. The second-order valence-electron chi connectivity index (χ2n) is 10.6. The van der Waals surface area contributed by atoms with Crippen LogP contribution in [0.15, 0.2) is 94.6 Å². The molecule has 9 nitrogen and oxygen atoms in total. The van der Waals surface area contributed by atoms with Crippen molar-refractivity contribution in [2.75, 3.05) is 13.7 Å². The van der Waals surface area contributed by atoms with Crippen LogP contribution in [-0.4, -0.2) is 38.1 Å². The molecule has 6 aromatic rings. The van der Waals surface area contributed by atoms with Crippen LogP contribution >= 0.6 is 11.3 Å². The summed E-state index contributed by atoms with van der Waals surface area (Å²) < 4.78 is 14.6. The van der Waals surface area contributed by atoms with Crippen LogP contribution in [0.25, 0.3) is 28.0 Å².